The van der Waals surface area contributed by atoms with Crippen LogP contribution >= 0.6 is 0 Å². The maximum atomic E-state index is 13.5. The zero-order valence-corrected chi connectivity index (χ0v) is 19.9. The number of nitrogens with two attached hydrogens (primary N) is 1. The molecule has 1 aromatic heterocycles. The van der Waals surface area contributed by atoms with Gasteiger partial charge in [-0.3, -0.25) is 4.79 Å². The van der Waals surface area contributed by atoms with Crippen molar-refractivity contribution in [2.24, 2.45) is 5.73 Å². The van der Waals surface area contributed by atoms with Gasteiger partial charge in [0, 0.05) is 18.9 Å². The summed E-state index contributed by atoms with van der Waals surface area (Å²) in [5.41, 5.74) is 8.57. The molecule has 0 saturated heterocycles. The zero-order chi connectivity index (χ0) is 24.9. The number of carbonyl (C=O) groups is 1. The molecule has 0 bridgehead atoms. The Balaban J connectivity index is 1.94. The molecule has 1 amide bonds. The van der Waals surface area contributed by atoms with Crippen molar-refractivity contribution in [1.29, 1.82) is 0 Å². The Morgan fingerprint density at radius 2 is 2.03 bits per heavy atom. The molecular weight excluding hydrogens is 433 g/mol. The molecule has 178 valence electrons. The van der Waals surface area contributed by atoms with Gasteiger partial charge in [-0.15, -0.1) is 0 Å². The molecule has 3 N–H and O–H groups in total. The Hall–Kier alpha value is -3.91. The lowest BCUT2D eigenvalue weighted by atomic mass is 9.89. The van der Waals surface area contributed by atoms with Gasteiger partial charge in [0.2, 0.25) is 0 Å². The fourth-order valence-corrected chi connectivity index (χ4v) is 3.92. The minimum atomic E-state index is -0.847. The number of benzene rings is 2. The van der Waals surface area contributed by atoms with E-state index >= 15 is 0 Å². The number of ether oxygens (including phenoxy) is 1. The van der Waals surface area contributed by atoms with Crippen molar-refractivity contribution < 1.29 is 13.9 Å². The minimum Gasteiger partial charge on any atom is -0.495 e. The van der Waals surface area contributed by atoms with Gasteiger partial charge in [0.25, 0.3) is 5.91 Å². The smallest absolute Gasteiger partial charge is 0.274 e. The van der Waals surface area contributed by atoms with E-state index in [1.807, 2.05) is 36.7 Å². The Morgan fingerprint density at radius 3 is 2.59 bits per heavy atom. The van der Waals surface area contributed by atoms with E-state index in [9.17, 15) is 9.18 Å². The van der Waals surface area contributed by atoms with Crippen LogP contribution in [0.3, 0.4) is 0 Å². The van der Waals surface area contributed by atoms with Crippen LogP contribution in [0.4, 0.5) is 4.39 Å². The van der Waals surface area contributed by atoms with Crippen molar-refractivity contribution >= 4 is 12.0 Å². The number of amides is 1. The third kappa shape index (κ3) is 5.02. The van der Waals surface area contributed by atoms with Crippen molar-refractivity contribution in [3.63, 3.8) is 0 Å². The molecule has 3 rings (SSSR count). The lowest BCUT2D eigenvalue weighted by Crippen LogP contribution is -2.51. The lowest BCUT2D eigenvalue weighted by molar-refractivity contribution is -0.129. The number of nitrogens with one attached hydrogen (secondary N) is 1. The molecule has 0 saturated carbocycles. The number of halogens is 1. The Kier molecular flexibility index (Phi) is 7.53. The normalized spacial score (nSPS) is 13.3. The van der Waals surface area contributed by atoms with E-state index in [2.05, 4.69) is 16.9 Å². The molecule has 1 heterocycles. The molecule has 0 aliphatic rings. The number of hydrogen-bond acceptors (Lipinski definition) is 5. The average molecular weight is 464 g/mol. The molecule has 1 unspecified atom stereocenters. The fraction of sp³-hybridized carbons (Fsp3) is 0.231. The lowest BCUT2D eigenvalue weighted by Gasteiger charge is -2.39. The van der Waals surface area contributed by atoms with E-state index in [-0.39, 0.29) is 11.5 Å². The highest BCUT2D eigenvalue weighted by Crippen LogP contribution is 2.30. The second-order valence-electron chi connectivity index (χ2n) is 8.12. The first-order valence-electron chi connectivity index (χ1n) is 10.8. The van der Waals surface area contributed by atoms with Crippen molar-refractivity contribution in [3.8, 4) is 11.4 Å². The highest BCUT2D eigenvalue weighted by atomic mass is 19.1. The topological polar surface area (TPSA) is 85.4 Å². The maximum absolute atomic E-state index is 13.5. The van der Waals surface area contributed by atoms with Crippen molar-refractivity contribution in [1.82, 2.24) is 19.8 Å². The SMILES string of the molecule is C=CN(C(=O)/C(N)=C/c1ccc(-n2cnc(C)c2)c(OC)c1)C(C)(CNC)c1ccc(F)cc1. The highest BCUT2D eigenvalue weighted by Gasteiger charge is 2.36. The van der Waals surface area contributed by atoms with E-state index in [0.717, 1.165) is 16.9 Å². The summed E-state index contributed by atoms with van der Waals surface area (Å²) in [6, 6.07) is 11.6. The van der Waals surface area contributed by atoms with Crippen LogP contribution in [0.5, 0.6) is 5.75 Å². The number of rotatable bonds is 9. The summed E-state index contributed by atoms with van der Waals surface area (Å²) < 4.78 is 20.9. The standard InChI is InChI=1S/C26H30FN5O2/c1-6-32(26(3,16-29-4)20-8-10-21(27)11-9-20)25(33)22(28)13-19-7-12-23(24(14-19)34-5)31-15-18(2)30-17-31/h6-15,17,29H,1,16,28H2,2-5H3/b22-13-. The van der Waals surface area contributed by atoms with Gasteiger partial charge in [-0.25, -0.2) is 9.37 Å². The maximum Gasteiger partial charge on any atom is 0.274 e. The van der Waals surface area contributed by atoms with Gasteiger partial charge in [0.1, 0.15) is 11.6 Å². The minimum absolute atomic E-state index is 0.0256. The van der Waals surface area contributed by atoms with Crippen molar-refractivity contribution in [2.75, 3.05) is 20.7 Å². The zero-order valence-electron chi connectivity index (χ0n) is 19.9. The number of nitrogens with zero attached hydrogens (tertiary/aromatic N) is 3. The molecule has 0 aliphatic heterocycles. The summed E-state index contributed by atoms with van der Waals surface area (Å²) in [4.78, 5) is 19.1. The number of aryl methyl sites for hydroxylation is 1. The molecule has 0 aliphatic carbocycles. The number of aromatic nitrogens is 2. The molecule has 2 aromatic carbocycles. The van der Waals surface area contributed by atoms with Crippen molar-refractivity contribution in [2.45, 2.75) is 19.4 Å². The second-order valence-corrected chi connectivity index (χ2v) is 8.12. The molecule has 0 radical (unpaired) electrons. The summed E-state index contributed by atoms with van der Waals surface area (Å²) in [5.74, 6) is -0.168. The number of hydrogen-bond donors (Lipinski definition) is 2. The third-order valence-corrected chi connectivity index (χ3v) is 5.68. The van der Waals surface area contributed by atoms with Crippen molar-refractivity contribution in [3.05, 3.63) is 96.1 Å². The monoisotopic (exact) mass is 463 g/mol. The van der Waals surface area contributed by atoms with Crippen LogP contribution in [0.2, 0.25) is 0 Å². The van der Waals surface area contributed by atoms with Crippen LogP contribution in [0.1, 0.15) is 23.7 Å². The van der Waals surface area contributed by atoms with E-state index in [4.69, 9.17) is 10.5 Å². The van der Waals surface area contributed by atoms with Gasteiger partial charge in [-0.2, -0.15) is 0 Å². The molecule has 8 heteroatoms. The molecule has 3 aromatic rings. The van der Waals surface area contributed by atoms with Gasteiger partial charge < -0.3 is 25.3 Å². The fourth-order valence-electron chi connectivity index (χ4n) is 3.92. The molecule has 7 nitrogen and oxygen atoms in total. The van der Waals surface area contributed by atoms with Gasteiger partial charge in [-0.05, 0) is 62.4 Å². The van der Waals surface area contributed by atoms with E-state index in [1.165, 1.54) is 23.2 Å². The molecular formula is C26H30FN5O2. The number of imidazole rings is 1. The first-order chi connectivity index (χ1) is 16.2. The number of methoxy groups -OCH3 is 1. The van der Waals surface area contributed by atoms with E-state index < -0.39 is 11.4 Å². The van der Waals surface area contributed by atoms with E-state index in [0.29, 0.717) is 17.9 Å². The largest absolute Gasteiger partial charge is 0.495 e. The predicted octanol–water partition coefficient (Wildman–Crippen LogP) is 3.73. The molecule has 0 spiro atoms. The van der Waals surface area contributed by atoms with E-state index in [1.54, 1.807) is 44.8 Å². The summed E-state index contributed by atoms with van der Waals surface area (Å²) in [6.45, 7) is 8.01. The average Bonchev–Trinajstić information content (AvgIpc) is 3.25. The second kappa shape index (κ2) is 10.4. The number of likely N-dealkylation sites (N-methyl/N-ethyl adjacent to an activating group) is 1. The van der Waals surface area contributed by atoms with Crippen LogP contribution in [-0.2, 0) is 10.3 Å². The third-order valence-electron chi connectivity index (χ3n) is 5.68. The van der Waals surface area contributed by atoms with Gasteiger partial charge in [-0.1, -0.05) is 24.8 Å². The van der Waals surface area contributed by atoms with Crippen LogP contribution < -0.4 is 15.8 Å². The summed E-state index contributed by atoms with van der Waals surface area (Å²) >= 11 is 0. The quantitative estimate of drug-likeness (QED) is 0.472. The Morgan fingerprint density at radius 1 is 1.32 bits per heavy atom. The molecule has 1 atom stereocenters. The van der Waals surface area contributed by atoms with Gasteiger partial charge in [0.15, 0.2) is 0 Å². The van der Waals surface area contributed by atoms with Crippen LogP contribution in [-0.4, -0.2) is 41.1 Å². The first-order valence-corrected chi connectivity index (χ1v) is 10.8. The summed E-state index contributed by atoms with van der Waals surface area (Å²) in [7, 11) is 3.36. The Labute approximate surface area is 199 Å². The Bertz CT molecular complexity index is 1200. The predicted molar refractivity (Wildman–Crippen MR) is 132 cm³/mol. The van der Waals surface area contributed by atoms with Crippen LogP contribution in [0.25, 0.3) is 11.8 Å². The summed E-state index contributed by atoms with van der Waals surface area (Å²) in [6.07, 6.45) is 6.63. The van der Waals surface area contributed by atoms with Gasteiger partial charge in [0.05, 0.1) is 36.1 Å². The highest BCUT2D eigenvalue weighted by molar-refractivity contribution is 5.98. The van der Waals surface area contributed by atoms with Gasteiger partial charge >= 0.3 is 0 Å². The summed E-state index contributed by atoms with van der Waals surface area (Å²) in [5, 5.41) is 3.10. The first kappa shape index (κ1) is 24.7. The molecule has 0 fully saturated rings. The van der Waals surface area contributed by atoms with Crippen LogP contribution in [0.15, 0.2) is 73.5 Å². The molecule has 34 heavy (non-hydrogen) atoms. The number of carbonyl (C=O) groups excluding carboxylic acids is 1. The van der Waals surface area contributed by atoms with Crippen LogP contribution in [0, 0.1) is 12.7 Å².